The summed E-state index contributed by atoms with van der Waals surface area (Å²) >= 11 is 6.10. The molecule has 0 aliphatic heterocycles. The Bertz CT molecular complexity index is 890. The molecule has 218 valence electrons. The van der Waals surface area contributed by atoms with E-state index in [1.807, 2.05) is 6.92 Å². The lowest BCUT2D eigenvalue weighted by molar-refractivity contribution is -0.130. The van der Waals surface area contributed by atoms with Gasteiger partial charge in [0.25, 0.3) is 0 Å². The maximum absolute atomic E-state index is 13.1. The van der Waals surface area contributed by atoms with E-state index in [9.17, 15) is 18.0 Å². The number of ketones is 2. The molecule has 1 aromatic rings. The van der Waals surface area contributed by atoms with Gasteiger partial charge in [-0.2, -0.15) is 0 Å². The molecule has 0 heterocycles. The number of hydrogen-bond donors (Lipinski definition) is 2. The van der Waals surface area contributed by atoms with Gasteiger partial charge < -0.3 is 5.73 Å². The topological polar surface area (TPSA) is 106 Å². The molecule has 1 rings (SSSR count). The minimum atomic E-state index is -3.89. The highest BCUT2D eigenvalue weighted by atomic mass is 35.5. The second-order valence-electron chi connectivity index (χ2n) is 10.6. The predicted molar refractivity (Wildman–Crippen MR) is 158 cm³/mol. The lowest BCUT2D eigenvalue weighted by Crippen LogP contribution is -2.42. The van der Waals surface area contributed by atoms with Crippen molar-refractivity contribution in [3.63, 3.8) is 0 Å². The molecule has 0 bridgehead atoms. The van der Waals surface area contributed by atoms with Crippen LogP contribution in [0.3, 0.4) is 0 Å². The first-order chi connectivity index (χ1) is 18.2. The largest absolute Gasteiger partial charge is 0.330 e. The third-order valence-electron chi connectivity index (χ3n) is 7.11. The summed E-state index contributed by atoms with van der Waals surface area (Å²) in [6.07, 6.45) is 15.5. The molecule has 0 amide bonds. The molecule has 3 N–H and O–H groups in total. The number of hydrogen-bond acceptors (Lipinski definition) is 5. The van der Waals surface area contributed by atoms with Crippen molar-refractivity contribution in [1.82, 2.24) is 4.72 Å². The first-order valence-electron chi connectivity index (χ1n) is 14.7. The predicted octanol–water partition coefficient (Wildman–Crippen LogP) is 6.86. The van der Waals surface area contributed by atoms with Gasteiger partial charge in [0.2, 0.25) is 10.0 Å². The Kier molecular flexibility index (Phi) is 18.8. The number of sulfonamides is 1. The quantitative estimate of drug-likeness (QED) is 0.0802. The molecule has 0 fully saturated rings. The zero-order valence-corrected chi connectivity index (χ0v) is 25.3. The van der Waals surface area contributed by atoms with Crippen LogP contribution in [0.5, 0.6) is 0 Å². The Morgan fingerprint density at radius 2 is 1.34 bits per heavy atom. The second-order valence-corrected chi connectivity index (χ2v) is 12.6. The Morgan fingerprint density at radius 3 is 1.87 bits per heavy atom. The highest BCUT2D eigenvalue weighted by Crippen LogP contribution is 2.19. The first-order valence-corrected chi connectivity index (χ1v) is 16.7. The Labute approximate surface area is 236 Å². The highest BCUT2D eigenvalue weighted by Gasteiger charge is 2.28. The van der Waals surface area contributed by atoms with E-state index < -0.39 is 21.8 Å². The van der Waals surface area contributed by atoms with Gasteiger partial charge >= 0.3 is 0 Å². The fraction of sp³-hybridized carbons (Fsp3) is 0.733. The minimum absolute atomic E-state index is 0.0983. The lowest BCUT2D eigenvalue weighted by atomic mass is 9.92. The van der Waals surface area contributed by atoms with Crippen LogP contribution in [0.1, 0.15) is 115 Å². The molecule has 0 saturated carbocycles. The van der Waals surface area contributed by atoms with E-state index in [1.165, 1.54) is 63.5 Å². The zero-order chi connectivity index (χ0) is 28.2. The maximum Gasteiger partial charge on any atom is 0.241 e. The number of alkyl halides is 1. The molecule has 0 aliphatic carbocycles. The van der Waals surface area contributed by atoms with E-state index in [-0.39, 0.29) is 28.9 Å². The van der Waals surface area contributed by atoms with Gasteiger partial charge in [0.15, 0.2) is 5.78 Å². The average Bonchev–Trinajstić information content (AvgIpc) is 2.89. The van der Waals surface area contributed by atoms with Gasteiger partial charge in [0.05, 0.1) is 17.4 Å². The smallest absolute Gasteiger partial charge is 0.241 e. The molecule has 2 atom stereocenters. The molecular weight excluding hydrogens is 520 g/mol. The molecule has 0 aromatic heterocycles. The fourth-order valence-electron chi connectivity index (χ4n) is 4.57. The van der Waals surface area contributed by atoms with Crippen LogP contribution >= 0.6 is 11.6 Å². The van der Waals surface area contributed by atoms with Crippen LogP contribution in [0.15, 0.2) is 29.2 Å². The molecule has 0 radical (unpaired) electrons. The number of unbranched alkanes of at least 4 members (excludes halogenated alkanes) is 11. The molecule has 0 spiro atoms. The Morgan fingerprint density at radius 1 is 0.816 bits per heavy atom. The van der Waals surface area contributed by atoms with E-state index in [2.05, 4.69) is 11.6 Å². The number of halogens is 1. The summed E-state index contributed by atoms with van der Waals surface area (Å²) in [7, 11) is -3.89. The fourth-order valence-corrected chi connectivity index (χ4v) is 6.15. The van der Waals surface area contributed by atoms with Crippen LogP contribution in [-0.2, 0) is 19.6 Å². The SMILES string of the molecule is CCCCCCCCCCCCCC(CCl)C(=O)CC(=O)[C@H](CCCCN)NS(=O)(=O)c1ccc(C)cc1. The van der Waals surface area contributed by atoms with Crippen LogP contribution in [0.25, 0.3) is 0 Å². The van der Waals surface area contributed by atoms with Crippen molar-refractivity contribution in [2.45, 2.75) is 128 Å². The van der Waals surface area contributed by atoms with Gasteiger partial charge in [0, 0.05) is 11.8 Å². The van der Waals surface area contributed by atoms with Gasteiger partial charge in [0.1, 0.15) is 5.78 Å². The first kappa shape index (κ1) is 34.7. The summed E-state index contributed by atoms with van der Waals surface area (Å²) in [5.41, 5.74) is 6.52. The summed E-state index contributed by atoms with van der Waals surface area (Å²) in [5, 5.41) is 0. The van der Waals surface area contributed by atoms with E-state index >= 15 is 0 Å². The summed E-state index contributed by atoms with van der Waals surface area (Å²) in [4.78, 5) is 26.1. The van der Waals surface area contributed by atoms with Gasteiger partial charge in [-0.25, -0.2) is 13.1 Å². The van der Waals surface area contributed by atoms with Crippen LogP contribution in [-0.4, -0.2) is 38.5 Å². The van der Waals surface area contributed by atoms with E-state index in [0.717, 1.165) is 24.8 Å². The van der Waals surface area contributed by atoms with E-state index in [1.54, 1.807) is 12.1 Å². The summed E-state index contributed by atoms with van der Waals surface area (Å²) in [6, 6.07) is 5.49. The third-order valence-corrected chi connectivity index (χ3v) is 8.97. The van der Waals surface area contributed by atoms with Crippen LogP contribution < -0.4 is 10.5 Å². The normalized spacial score (nSPS) is 13.4. The van der Waals surface area contributed by atoms with Gasteiger partial charge in [-0.3, -0.25) is 9.59 Å². The lowest BCUT2D eigenvalue weighted by Gasteiger charge is -2.19. The number of Topliss-reactive ketones (excluding diaryl/α,β-unsaturated/α-hetero) is 2. The molecule has 1 aromatic carbocycles. The zero-order valence-electron chi connectivity index (χ0n) is 23.7. The molecule has 38 heavy (non-hydrogen) atoms. The number of nitrogens with two attached hydrogens (primary N) is 1. The standard InChI is InChI=1S/C30H51ClN2O4S/c1-3-4-5-6-7-8-9-10-11-12-13-16-26(24-31)29(34)23-30(35)28(17-14-15-22-32)33-38(36,37)27-20-18-25(2)19-21-27/h18-21,26,28,33H,3-17,22-24,32H2,1-2H3/t26?,28-/m0/s1. The molecule has 0 aliphatic rings. The van der Waals surface area contributed by atoms with Crippen molar-refractivity contribution in [1.29, 1.82) is 0 Å². The van der Waals surface area contributed by atoms with Crippen LogP contribution in [0, 0.1) is 12.8 Å². The van der Waals surface area contributed by atoms with Gasteiger partial charge in [-0.1, -0.05) is 102 Å². The number of aryl methyl sites for hydroxylation is 1. The number of benzene rings is 1. The number of carbonyl (C=O) groups excluding carboxylic acids is 2. The average molecular weight is 571 g/mol. The summed E-state index contributed by atoms with van der Waals surface area (Å²) < 4.78 is 28.3. The van der Waals surface area contributed by atoms with Crippen molar-refractivity contribution in [3.05, 3.63) is 29.8 Å². The molecule has 8 heteroatoms. The van der Waals surface area contributed by atoms with E-state index in [4.69, 9.17) is 17.3 Å². The minimum Gasteiger partial charge on any atom is -0.330 e. The number of nitrogens with one attached hydrogen (secondary N) is 1. The molecule has 1 unspecified atom stereocenters. The highest BCUT2D eigenvalue weighted by molar-refractivity contribution is 7.89. The maximum atomic E-state index is 13.1. The summed E-state index contributed by atoms with van der Waals surface area (Å²) in [5.74, 6) is -0.804. The van der Waals surface area contributed by atoms with Crippen molar-refractivity contribution >= 4 is 33.2 Å². The van der Waals surface area contributed by atoms with Crippen molar-refractivity contribution in [2.75, 3.05) is 12.4 Å². The van der Waals surface area contributed by atoms with Crippen LogP contribution in [0.2, 0.25) is 0 Å². The van der Waals surface area contributed by atoms with Gasteiger partial charge in [-0.15, -0.1) is 11.6 Å². The van der Waals surface area contributed by atoms with Gasteiger partial charge in [-0.05, 0) is 44.9 Å². The van der Waals surface area contributed by atoms with Crippen molar-refractivity contribution in [2.24, 2.45) is 11.7 Å². The van der Waals surface area contributed by atoms with Crippen molar-refractivity contribution < 1.29 is 18.0 Å². The molecule has 0 saturated heterocycles. The molecule has 6 nitrogen and oxygen atoms in total. The van der Waals surface area contributed by atoms with E-state index in [0.29, 0.717) is 32.2 Å². The number of carbonyl (C=O) groups is 2. The second kappa shape index (κ2) is 20.6. The monoisotopic (exact) mass is 570 g/mol. The third kappa shape index (κ3) is 14.8. The summed E-state index contributed by atoms with van der Waals surface area (Å²) in [6.45, 7) is 4.57. The van der Waals surface area contributed by atoms with Crippen LogP contribution in [0.4, 0.5) is 0 Å². The molecular formula is C30H51ClN2O4S. The Hall–Kier alpha value is -1.28. The number of rotatable bonds is 24. The van der Waals surface area contributed by atoms with Crippen molar-refractivity contribution in [3.8, 4) is 0 Å². The Balaban J connectivity index is 2.53.